The fourth-order valence-corrected chi connectivity index (χ4v) is 3.88. The molecule has 0 saturated heterocycles. The highest BCUT2D eigenvalue weighted by molar-refractivity contribution is 14.0. The minimum atomic E-state index is 0. The van der Waals surface area contributed by atoms with Crippen molar-refractivity contribution in [1.82, 2.24) is 15.2 Å². The Morgan fingerprint density at radius 2 is 2.07 bits per heavy atom. The van der Waals surface area contributed by atoms with Crippen LogP contribution >= 0.6 is 35.3 Å². The lowest BCUT2D eigenvalue weighted by Crippen LogP contribution is -2.43. The molecule has 1 aliphatic heterocycles. The Morgan fingerprint density at radius 1 is 1.26 bits per heavy atom. The van der Waals surface area contributed by atoms with E-state index in [9.17, 15) is 0 Å². The fourth-order valence-electron chi connectivity index (χ4n) is 3.10. The van der Waals surface area contributed by atoms with Gasteiger partial charge in [-0.2, -0.15) is 0 Å². The van der Waals surface area contributed by atoms with E-state index in [2.05, 4.69) is 70.8 Å². The van der Waals surface area contributed by atoms with E-state index in [1.165, 1.54) is 16.1 Å². The van der Waals surface area contributed by atoms with Gasteiger partial charge in [-0.25, -0.2) is 4.98 Å². The first-order valence-corrected chi connectivity index (χ1v) is 10.4. The molecule has 0 spiro atoms. The van der Waals surface area contributed by atoms with Gasteiger partial charge in [0.1, 0.15) is 0 Å². The number of aliphatic imine (C=N–C) groups is 1. The van der Waals surface area contributed by atoms with Crippen molar-refractivity contribution in [3.8, 4) is 0 Å². The van der Waals surface area contributed by atoms with Gasteiger partial charge in [-0.15, -0.1) is 35.3 Å². The summed E-state index contributed by atoms with van der Waals surface area (Å²) in [7, 11) is 0. The van der Waals surface area contributed by atoms with Crippen LogP contribution in [-0.4, -0.2) is 42.0 Å². The number of nitrogens with one attached hydrogen (secondary N) is 1. The molecule has 1 aromatic carbocycles. The molecule has 0 amide bonds. The van der Waals surface area contributed by atoms with E-state index in [-0.39, 0.29) is 24.0 Å². The molecule has 0 bridgehead atoms. The Hall–Kier alpha value is -1.41. The third kappa shape index (κ3) is 6.31. The van der Waals surface area contributed by atoms with E-state index in [1.807, 2.05) is 0 Å². The number of halogens is 1. The highest BCUT2D eigenvalue weighted by Crippen LogP contribution is 2.22. The first-order chi connectivity index (χ1) is 12.8. The van der Waals surface area contributed by atoms with Crippen molar-refractivity contribution in [3.63, 3.8) is 0 Å². The van der Waals surface area contributed by atoms with Crippen molar-refractivity contribution >= 4 is 46.8 Å². The summed E-state index contributed by atoms with van der Waals surface area (Å²) in [6.07, 6.45) is 5.31. The van der Waals surface area contributed by atoms with Gasteiger partial charge in [0.2, 0.25) is 0 Å². The van der Waals surface area contributed by atoms with Gasteiger partial charge >= 0.3 is 0 Å². The van der Waals surface area contributed by atoms with Crippen LogP contribution in [0.2, 0.25) is 0 Å². The second-order valence-electron chi connectivity index (χ2n) is 6.36. The second kappa shape index (κ2) is 11.4. The molecular formula is C21H29IN4S. The average molecular weight is 496 g/mol. The fraction of sp³-hybridized carbons (Fsp3) is 0.429. The van der Waals surface area contributed by atoms with Crippen LogP contribution in [0.4, 0.5) is 0 Å². The van der Waals surface area contributed by atoms with Gasteiger partial charge in [-0.1, -0.05) is 43.3 Å². The summed E-state index contributed by atoms with van der Waals surface area (Å²) in [5, 5.41) is 6.82. The molecular weight excluding hydrogens is 467 g/mol. The normalized spacial score (nSPS) is 14.5. The lowest BCUT2D eigenvalue weighted by Gasteiger charge is -2.29. The highest BCUT2D eigenvalue weighted by Gasteiger charge is 2.16. The molecule has 0 radical (unpaired) electrons. The van der Waals surface area contributed by atoms with Crippen LogP contribution < -0.4 is 5.32 Å². The maximum atomic E-state index is 4.83. The Balaban J connectivity index is 0.00000261. The van der Waals surface area contributed by atoms with Crippen molar-refractivity contribution in [2.45, 2.75) is 33.1 Å². The summed E-state index contributed by atoms with van der Waals surface area (Å²) in [4.78, 5) is 11.8. The lowest BCUT2D eigenvalue weighted by molar-refractivity contribution is 0.440. The zero-order valence-electron chi connectivity index (χ0n) is 16.1. The second-order valence-corrected chi connectivity index (χ2v) is 7.31. The molecule has 0 fully saturated rings. The van der Waals surface area contributed by atoms with Crippen LogP contribution in [0, 0.1) is 0 Å². The lowest BCUT2D eigenvalue weighted by atomic mass is 10.00. The largest absolute Gasteiger partial charge is 0.357 e. The van der Waals surface area contributed by atoms with E-state index < -0.39 is 0 Å². The molecule has 2 aromatic rings. The molecule has 146 valence electrons. The van der Waals surface area contributed by atoms with Gasteiger partial charge in [-0.3, -0.25) is 4.99 Å². The van der Waals surface area contributed by atoms with Crippen LogP contribution in [-0.2, 0) is 12.8 Å². The Bertz CT molecular complexity index is 755. The van der Waals surface area contributed by atoms with E-state index in [0.29, 0.717) is 0 Å². The molecule has 27 heavy (non-hydrogen) atoms. The van der Waals surface area contributed by atoms with Crippen LogP contribution in [0.15, 0.2) is 46.8 Å². The van der Waals surface area contributed by atoms with Gasteiger partial charge < -0.3 is 10.2 Å². The Kier molecular flexibility index (Phi) is 9.27. The molecule has 0 aliphatic carbocycles. The van der Waals surface area contributed by atoms with Crippen molar-refractivity contribution in [3.05, 3.63) is 58.1 Å². The number of aromatic nitrogens is 1. The third-order valence-electron chi connectivity index (χ3n) is 4.52. The maximum absolute atomic E-state index is 4.83. The topological polar surface area (TPSA) is 40.5 Å². The van der Waals surface area contributed by atoms with E-state index in [4.69, 9.17) is 4.99 Å². The van der Waals surface area contributed by atoms with Gasteiger partial charge in [0.25, 0.3) is 0 Å². The maximum Gasteiger partial charge on any atom is 0.194 e. The van der Waals surface area contributed by atoms with E-state index in [0.717, 1.165) is 57.1 Å². The zero-order valence-corrected chi connectivity index (χ0v) is 19.3. The monoisotopic (exact) mass is 496 g/mol. The molecule has 4 nitrogen and oxygen atoms in total. The molecule has 0 unspecified atom stereocenters. The molecule has 3 rings (SSSR count). The minimum Gasteiger partial charge on any atom is -0.357 e. The van der Waals surface area contributed by atoms with Crippen LogP contribution in [0.25, 0.3) is 5.57 Å². The Morgan fingerprint density at radius 3 is 2.70 bits per heavy atom. The summed E-state index contributed by atoms with van der Waals surface area (Å²) in [6.45, 7) is 7.86. The van der Waals surface area contributed by atoms with Gasteiger partial charge in [0, 0.05) is 38.0 Å². The highest BCUT2D eigenvalue weighted by atomic mass is 127. The average Bonchev–Trinajstić information content (AvgIpc) is 3.16. The van der Waals surface area contributed by atoms with Gasteiger partial charge in [-0.05, 0) is 30.9 Å². The summed E-state index contributed by atoms with van der Waals surface area (Å²) in [5.41, 5.74) is 3.94. The zero-order chi connectivity index (χ0) is 18.2. The van der Waals surface area contributed by atoms with E-state index >= 15 is 0 Å². The number of thiazole rings is 1. The molecule has 1 aromatic heterocycles. The number of benzene rings is 1. The third-order valence-corrected chi connectivity index (χ3v) is 5.56. The molecule has 6 heteroatoms. The van der Waals surface area contributed by atoms with Gasteiger partial charge in [0.05, 0.1) is 10.7 Å². The molecule has 1 N–H and O–H groups in total. The summed E-state index contributed by atoms with van der Waals surface area (Å²) in [6, 6.07) is 10.7. The number of rotatable bonds is 6. The summed E-state index contributed by atoms with van der Waals surface area (Å²) >= 11 is 1.75. The summed E-state index contributed by atoms with van der Waals surface area (Å²) < 4.78 is 0. The molecule has 0 saturated carbocycles. The Labute approximate surface area is 183 Å². The number of guanidine groups is 1. The SMILES string of the molecule is CCNC(=NCCc1csc(CC)n1)N1CC=C(c2ccccc2)CC1.I. The molecule has 1 aliphatic rings. The quantitative estimate of drug-likeness (QED) is 0.361. The number of nitrogens with zero attached hydrogens (tertiary/aromatic N) is 3. The van der Waals surface area contributed by atoms with Crippen molar-refractivity contribution < 1.29 is 0 Å². The summed E-state index contributed by atoms with van der Waals surface area (Å²) in [5.74, 6) is 1.02. The standard InChI is InChI=1S/C21H28N4S.HI/c1-3-20-24-19(16-26-20)10-13-23-21(22-4-2)25-14-11-18(12-15-25)17-8-6-5-7-9-17;/h5-9,11,16H,3-4,10,12-15H2,1-2H3,(H,22,23);1H. The first kappa shape index (κ1) is 21.9. The molecule has 2 heterocycles. The predicted octanol–water partition coefficient (Wildman–Crippen LogP) is 4.62. The van der Waals surface area contributed by atoms with Crippen molar-refractivity contribution in [2.24, 2.45) is 4.99 Å². The predicted molar refractivity (Wildman–Crippen MR) is 127 cm³/mol. The smallest absolute Gasteiger partial charge is 0.194 e. The van der Waals surface area contributed by atoms with Crippen LogP contribution in [0.5, 0.6) is 0 Å². The van der Waals surface area contributed by atoms with Crippen LogP contribution in [0.3, 0.4) is 0 Å². The number of hydrogen-bond acceptors (Lipinski definition) is 3. The minimum absolute atomic E-state index is 0. The first-order valence-electron chi connectivity index (χ1n) is 9.51. The van der Waals surface area contributed by atoms with Crippen molar-refractivity contribution in [2.75, 3.05) is 26.2 Å². The molecule has 0 atom stereocenters. The van der Waals surface area contributed by atoms with Crippen LogP contribution in [0.1, 0.15) is 36.5 Å². The van der Waals surface area contributed by atoms with Gasteiger partial charge in [0.15, 0.2) is 5.96 Å². The number of hydrogen-bond donors (Lipinski definition) is 1. The van der Waals surface area contributed by atoms with E-state index in [1.54, 1.807) is 11.3 Å². The van der Waals surface area contributed by atoms with Crippen molar-refractivity contribution in [1.29, 1.82) is 0 Å². The number of aryl methyl sites for hydroxylation is 1.